The van der Waals surface area contributed by atoms with Gasteiger partial charge in [-0.2, -0.15) is 0 Å². The number of hydrogen-bond donors (Lipinski definition) is 1. The maximum atomic E-state index is 13.6. The van der Waals surface area contributed by atoms with E-state index in [0.29, 0.717) is 39.2 Å². The standard InChI is InChI=1S/C24H18F2N2O3/c1-30-15-8-9-17(23(12-15)31-2)22-13-18(16-5-3-4-6-21(16)28-22)24(29)27-14-7-10-19(25)20(26)11-14/h3-13H,1-2H3,(H,27,29). The number of aromatic nitrogens is 1. The van der Waals surface area contributed by atoms with Gasteiger partial charge in [-0.15, -0.1) is 0 Å². The molecule has 1 amide bonds. The van der Waals surface area contributed by atoms with Gasteiger partial charge < -0.3 is 14.8 Å². The number of fused-ring (bicyclic) bond motifs is 1. The second-order valence-corrected chi connectivity index (χ2v) is 6.72. The number of para-hydroxylation sites is 1. The van der Waals surface area contributed by atoms with Crippen molar-refractivity contribution in [1.82, 2.24) is 4.98 Å². The zero-order valence-corrected chi connectivity index (χ0v) is 16.8. The van der Waals surface area contributed by atoms with E-state index < -0.39 is 17.5 Å². The van der Waals surface area contributed by atoms with Gasteiger partial charge in [0.05, 0.1) is 31.0 Å². The number of nitrogens with one attached hydrogen (secondary N) is 1. The van der Waals surface area contributed by atoms with Gasteiger partial charge in [0.1, 0.15) is 11.5 Å². The Morgan fingerprint density at radius 2 is 1.71 bits per heavy atom. The van der Waals surface area contributed by atoms with Gasteiger partial charge in [0.15, 0.2) is 11.6 Å². The van der Waals surface area contributed by atoms with Crippen LogP contribution >= 0.6 is 0 Å². The highest BCUT2D eigenvalue weighted by Gasteiger charge is 2.17. The second kappa shape index (κ2) is 8.39. The molecule has 1 N–H and O–H groups in total. The average molecular weight is 420 g/mol. The molecule has 7 heteroatoms. The van der Waals surface area contributed by atoms with Gasteiger partial charge in [0, 0.05) is 28.8 Å². The molecular formula is C24H18F2N2O3. The fourth-order valence-electron chi connectivity index (χ4n) is 3.28. The van der Waals surface area contributed by atoms with Crippen LogP contribution in [-0.2, 0) is 0 Å². The number of anilines is 1. The molecular weight excluding hydrogens is 402 g/mol. The van der Waals surface area contributed by atoms with Crippen LogP contribution in [0.4, 0.5) is 14.5 Å². The molecule has 0 aliphatic carbocycles. The van der Waals surface area contributed by atoms with Gasteiger partial charge in [-0.25, -0.2) is 13.8 Å². The summed E-state index contributed by atoms with van der Waals surface area (Å²) in [6.45, 7) is 0. The molecule has 4 aromatic rings. The number of rotatable bonds is 5. The number of amides is 1. The molecule has 5 nitrogen and oxygen atoms in total. The van der Waals surface area contributed by atoms with E-state index in [1.807, 2.05) is 6.07 Å². The molecule has 31 heavy (non-hydrogen) atoms. The van der Waals surface area contributed by atoms with Crippen LogP contribution in [0, 0.1) is 11.6 Å². The van der Waals surface area contributed by atoms with Crippen molar-refractivity contribution in [2.24, 2.45) is 0 Å². The normalized spacial score (nSPS) is 10.7. The maximum Gasteiger partial charge on any atom is 0.256 e. The van der Waals surface area contributed by atoms with Crippen molar-refractivity contribution >= 4 is 22.5 Å². The molecule has 1 heterocycles. The summed E-state index contributed by atoms with van der Waals surface area (Å²) in [6.07, 6.45) is 0. The topological polar surface area (TPSA) is 60.5 Å². The summed E-state index contributed by atoms with van der Waals surface area (Å²) in [6, 6.07) is 17.3. The lowest BCUT2D eigenvalue weighted by Crippen LogP contribution is -2.13. The van der Waals surface area contributed by atoms with Crippen molar-refractivity contribution < 1.29 is 23.0 Å². The molecule has 0 saturated carbocycles. The Hall–Kier alpha value is -4.00. The Labute approximate surface area is 177 Å². The monoisotopic (exact) mass is 420 g/mol. The van der Waals surface area contributed by atoms with Crippen molar-refractivity contribution in [2.75, 3.05) is 19.5 Å². The lowest BCUT2D eigenvalue weighted by molar-refractivity contribution is 0.102. The van der Waals surface area contributed by atoms with E-state index in [9.17, 15) is 13.6 Å². The van der Waals surface area contributed by atoms with Gasteiger partial charge >= 0.3 is 0 Å². The van der Waals surface area contributed by atoms with Crippen LogP contribution in [0.25, 0.3) is 22.2 Å². The Kier molecular flexibility index (Phi) is 5.49. The number of hydrogen-bond acceptors (Lipinski definition) is 4. The number of pyridine rings is 1. The lowest BCUT2D eigenvalue weighted by atomic mass is 10.0. The molecule has 3 aromatic carbocycles. The number of methoxy groups -OCH3 is 2. The molecule has 0 fully saturated rings. The van der Waals surface area contributed by atoms with Crippen LogP contribution in [-0.4, -0.2) is 25.1 Å². The highest BCUT2D eigenvalue weighted by atomic mass is 19.2. The summed E-state index contributed by atoms with van der Waals surface area (Å²) in [7, 11) is 3.10. The van der Waals surface area contributed by atoms with Crippen LogP contribution < -0.4 is 14.8 Å². The van der Waals surface area contributed by atoms with Gasteiger partial charge in [-0.3, -0.25) is 4.79 Å². The summed E-state index contributed by atoms with van der Waals surface area (Å²) >= 11 is 0. The largest absolute Gasteiger partial charge is 0.497 e. The number of nitrogens with zero attached hydrogens (tertiary/aromatic N) is 1. The first-order valence-corrected chi connectivity index (χ1v) is 9.38. The van der Waals surface area contributed by atoms with Crippen molar-refractivity contribution in [3.8, 4) is 22.8 Å². The first kappa shape index (κ1) is 20.3. The Morgan fingerprint density at radius 1 is 0.903 bits per heavy atom. The van der Waals surface area contributed by atoms with E-state index in [4.69, 9.17) is 9.47 Å². The molecule has 0 spiro atoms. The highest BCUT2D eigenvalue weighted by molar-refractivity contribution is 6.13. The van der Waals surface area contributed by atoms with E-state index in [0.717, 1.165) is 12.1 Å². The summed E-state index contributed by atoms with van der Waals surface area (Å²) in [5.74, 6) is -1.34. The first-order valence-electron chi connectivity index (χ1n) is 9.38. The summed E-state index contributed by atoms with van der Waals surface area (Å²) in [5.41, 5.74) is 2.29. The number of carbonyl (C=O) groups is 1. The highest BCUT2D eigenvalue weighted by Crippen LogP contribution is 2.34. The molecule has 0 unspecified atom stereocenters. The van der Waals surface area contributed by atoms with Gasteiger partial charge in [0.2, 0.25) is 0 Å². The zero-order valence-electron chi connectivity index (χ0n) is 16.8. The molecule has 0 atom stereocenters. The van der Waals surface area contributed by atoms with E-state index in [-0.39, 0.29) is 5.69 Å². The number of carbonyl (C=O) groups excluding carboxylic acids is 1. The van der Waals surface area contributed by atoms with Gasteiger partial charge in [-0.05, 0) is 36.4 Å². The maximum absolute atomic E-state index is 13.6. The number of benzene rings is 3. The predicted octanol–water partition coefficient (Wildman–Crippen LogP) is 5.45. The second-order valence-electron chi connectivity index (χ2n) is 6.72. The van der Waals surface area contributed by atoms with Crippen LogP contribution in [0.2, 0.25) is 0 Å². The molecule has 156 valence electrons. The SMILES string of the molecule is COc1ccc(-c2cc(C(=O)Nc3ccc(F)c(F)c3)c3ccccc3n2)c(OC)c1. The zero-order chi connectivity index (χ0) is 22.0. The van der Waals surface area contributed by atoms with Crippen LogP contribution in [0.15, 0.2) is 66.7 Å². The van der Waals surface area contributed by atoms with E-state index in [2.05, 4.69) is 10.3 Å². The van der Waals surface area contributed by atoms with Crippen LogP contribution in [0.3, 0.4) is 0 Å². The Balaban J connectivity index is 1.82. The van der Waals surface area contributed by atoms with Crippen LogP contribution in [0.5, 0.6) is 11.5 Å². The smallest absolute Gasteiger partial charge is 0.256 e. The summed E-state index contributed by atoms with van der Waals surface area (Å²) < 4.78 is 37.5. The van der Waals surface area contributed by atoms with E-state index in [1.165, 1.54) is 13.2 Å². The van der Waals surface area contributed by atoms with Crippen LogP contribution in [0.1, 0.15) is 10.4 Å². The molecule has 0 aliphatic rings. The predicted molar refractivity (Wildman–Crippen MR) is 115 cm³/mol. The van der Waals surface area contributed by atoms with Gasteiger partial charge in [-0.1, -0.05) is 18.2 Å². The molecule has 4 rings (SSSR count). The minimum atomic E-state index is -1.04. The van der Waals surface area contributed by atoms with E-state index >= 15 is 0 Å². The minimum Gasteiger partial charge on any atom is -0.497 e. The molecule has 1 aromatic heterocycles. The number of ether oxygens (including phenoxy) is 2. The van der Waals surface area contributed by atoms with E-state index in [1.54, 1.807) is 49.6 Å². The minimum absolute atomic E-state index is 0.147. The summed E-state index contributed by atoms with van der Waals surface area (Å²) in [5, 5.41) is 3.24. The van der Waals surface area contributed by atoms with Crippen molar-refractivity contribution in [1.29, 1.82) is 0 Å². The third kappa shape index (κ3) is 4.02. The third-order valence-electron chi connectivity index (χ3n) is 4.82. The fourth-order valence-corrected chi connectivity index (χ4v) is 3.28. The Morgan fingerprint density at radius 3 is 2.45 bits per heavy atom. The summed E-state index contributed by atoms with van der Waals surface area (Å²) in [4.78, 5) is 17.7. The quantitative estimate of drug-likeness (QED) is 0.466. The number of halogens is 2. The lowest BCUT2D eigenvalue weighted by Gasteiger charge is -2.13. The molecule has 0 bridgehead atoms. The fraction of sp³-hybridized carbons (Fsp3) is 0.0833. The first-order chi connectivity index (χ1) is 15.0. The molecule has 0 saturated heterocycles. The van der Waals surface area contributed by atoms with Gasteiger partial charge in [0.25, 0.3) is 5.91 Å². The molecule has 0 aliphatic heterocycles. The third-order valence-corrected chi connectivity index (χ3v) is 4.82. The average Bonchev–Trinajstić information content (AvgIpc) is 2.80. The molecule has 0 radical (unpaired) electrons. The Bertz CT molecular complexity index is 1290. The van der Waals surface area contributed by atoms with Crippen molar-refractivity contribution in [2.45, 2.75) is 0 Å². The van der Waals surface area contributed by atoms with Crippen molar-refractivity contribution in [3.63, 3.8) is 0 Å². The van der Waals surface area contributed by atoms with Crippen molar-refractivity contribution in [3.05, 3.63) is 83.9 Å².